The number of carbonyl (C=O) groups is 1. The topological polar surface area (TPSA) is 52.9 Å². The Balaban J connectivity index is 1.66. The molecule has 0 aromatic heterocycles. The molecule has 1 N–H and O–H groups in total. The predicted molar refractivity (Wildman–Crippen MR) is 70.7 cm³/mol. The minimum Gasteiger partial charge on any atom is -0.353 e. The van der Waals surface area contributed by atoms with Crippen molar-refractivity contribution >= 4 is 5.91 Å². The number of amides is 1. The van der Waals surface area contributed by atoms with Crippen LogP contribution in [-0.2, 0) is 4.79 Å². The fourth-order valence-electron chi connectivity index (χ4n) is 3.31. The lowest BCUT2D eigenvalue weighted by molar-refractivity contribution is -0.123. The first kappa shape index (κ1) is 13.4. The highest BCUT2D eigenvalue weighted by Gasteiger charge is 2.23. The Labute approximate surface area is 110 Å². The van der Waals surface area contributed by atoms with Crippen LogP contribution in [0, 0.1) is 23.2 Å². The van der Waals surface area contributed by atoms with E-state index in [1.807, 2.05) is 0 Å². The molecule has 0 radical (unpaired) electrons. The standard InChI is InChI=1S/C15H24N2O/c16-11-13-6-8-14(9-7-13)17-15(18)10-12-4-2-1-3-5-12/h12-14H,1-10H2,(H,17,18). The maximum atomic E-state index is 12.0. The quantitative estimate of drug-likeness (QED) is 0.834. The Kier molecular flexibility index (Phi) is 5.04. The molecule has 0 bridgehead atoms. The lowest BCUT2D eigenvalue weighted by Crippen LogP contribution is -2.38. The van der Waals surface area contributed by atoms with E-state index in [0.29, 0.717) is 12.0 Å². The van der Waals surface area contributed by atoms with Gasteiger partial charge in [0.15, 0.2) is 0 Å². The fraction of sp³-hybridized carbons (Fsp3) is 0.867. The zero-order valence-electron chi connectivity index (χ0n) is 11.2. The average molecular weight is 248 g/mol. The van der Waals surface area contributed by atoms with Crippen LogP contribution in [-0.4, -0.2) is 11.9 Å². The van der Waals surface area contributed by atoms with Crippen molar-refractivity contribution in [1.82, 2.24) is 5.32 Å². The Bertz CT molecular complexity index is 307. The van der Waals surface area contributed by atoms with Gasteiger partial charge in [0.25, 0.3) is 0 Å². The molecule has 0 saturated heterocycles. The summed E-state index contributed by atoms with van der Waals surface area (Å²) in [5.74, 6) is 1.08. The number of nitrogens with one attached hydrogen (secondary N) is 1. The summed E-state index contributed by atoms with van der Waals surface area (Å²) in [5, 5.41) is 12.0. The summed E-state index contributed by atoms with van der Waals surface area (Å²) in [5.41, 5.74) is 0. The molecular formula is C15H24N2O. The van der Waals surface area contributed by atoms with E-state index in [1.165, 1.54) is 32.1 Å². The van der Waals surface area contributed by atoms with E-state index in [1.54, 1.807) is 0 Å². The lowest BCUT2D eigenvalue weighted by atomic mass is 9.85. The SMILES string of the molecule is N#CC1CCC(NC(=O)CC2CCCCC2)CC1. The molecule has 0 spiro atoms. The molecule has 2 aliphatic rings. The van der Waals surface area contributed by atoms with E-state index in [0.717, 1.165) is 32.1 Å². The van der Waals surface area contributed by atoms with E-state index >= 15 is 0 Å². The Morgan fingerprint density at radius 2 is 1.72 bits per heavy atom. The number of hydrogen-bond acceptors (Lipinski definition) is 2. The number of rotatable bonds is 3. The Hall–Kier alpha value is -1.04. The van der Waals surface area contributed by atoms with Crippen molar-refractivity contribution in [1.29, 1.82) is 5.26 Å². The maximum absolute atomic E-state index is 12.0. The van der Waals surface area contributed by atoms with Crippen molar-refractivity contribution in [2.75, 3.05) is 0 Å². The first-order valence-electron chi connectivity index (χ1n) is 7.47. The largest absolute Gasteiger partial charge is 0.353 e. The molecule has 18 heavy (non-hydrogen) atoms. The Morgan fingerprint density at radius 3 is 2.33 bits per heavy atom. The minimum absolute atomic E-state index is 0.219. The van der Waals surface area contributed by atoms with Crippen molar-refractivity contribution in [2.45, 2.75) is 70.3 Å². The predicted octanol–water partition coefficient (Wildman–Crippen LogP) is 3.16. The molecule has 0 unspecified atom stereocenters. The summed E-state index contributed by atoms with van der Waals surface area (Å²) in [7, 11) is 0. The normalized spacial score (nSPS) is 29.5. The van der Waals surface area contributed by atoms with Gasteiger partial charge < -0.3 is 5.32 Å². The molecule has 0 heterocycles. The van der Waals surface area contributed by atoms with Crippen LogP contribution in [0.15, 0.2) is 0 Å². The smallest absolute Gasteiger partial charge is 0.220 e. The molecule has 0 atom stereocenters. The van der Waals surface area contributed by atoms with E-state index < -0.39 is 0 Å². The zero-order valence-corrected chi connectivity index (χ0v) is 11.2. The van der Waals surface area contributed by atoms with Gasteiger partial charge in [-0.1, -0.05) is 19.3 Å². The van der Waals surface area contributed by atoms with Gasteiger partial charge in [-0.05, 0) is 44.4 Å². The van der Waals surface area contributed by atoms with Crippen molar-refractivity contribution < 1.29 is 4.79 Å². The summed E-state index contributed by atoms with van der Waals surface area (Å²) in [6, 6.07) is 2.66. The van der Waals surface area contributed by atoms with Crippen LogP contribution >= 0.6 is 0 Å². The van der Waals surface area contributed by atoms with Gasteiger partial charge in [-0.3, -0.25) is 4.79 Å². The van der Waals surface area contributed by atoms with Gasteiger partial charge in [-0.2, -0.15) is 5.26 Å². The lowest BCUT2D eigenvalue weighted by Gasteiger charge is -2.27. The molecule has 100 valence electrons. The van der Waals surface area contributed by atoms with Crippen LogP contribution in [0.1, 0.15) is 64.2 Å². The third kappa shape index (κ3) is 4.01. The van der Waals surface area contributed by atoms with Gasteiger partial charge in [-0.15, -0.1) is 0 Å². The number of carbonyl (C=O) groups excluding carboxylic acids is 1. The highest BCUT2D eigenvalue weighted by molar-refractivity contribution is 5.76. The fourth-order valence-corrected chi connectivity index (χ4v) is 3.31. The minimum atomic E-state index is 0.219. The van der Waals surface area contributed by atoms with Gasteiger partial charge in [0.1, 0.15) is 0 Å². The van der Waals surface area contributed by atoms with Gasteiger partial charge >= 0.3 is 0 Å². The third-order valence-electron chi connectivity index (χ3n) is 4.47. The second kappa shape index (κ2) is 6.78. The number of hydrogen-bond donors (Lipinski definition) is 1. The van der Waals surface area contributed by atoms with Crippen LogP contribution in [0.5, 0.6) is 0 Å². The van der Waals surface area contributed by atoms with E-state index in [4.69, 9.17) is 5.26 Å². The Morgan fingerprint density at radius 1 is 1.06 bits per heavy atom. The average Bonchev–Trinajstić information content (AvgIpc) is 2.40. The summed E-state index contributed by atoms with van der Waals surface area (Å²) in [4.78, 5) is 12.0. The van der Waals surface area contributed by atoms with E-state index in [2.05, 4.69) is 11.4 Å². The monoisotopic (exact) mass is 248 g/mol. The van der Waals surface area contributed by atoms with E-state index in [-0.39, 0.29) is 11.8 Å². The van der Waals surface area contributed by atoms with Crippen molar-refractivity contribution in [3.05, 3.63) is 0 Å². The van der Waals surface area contributed by atoms with Crippen LogP contribution in [0.2, 0.25) is 0 Å². The van der Waals surface area contributed by atoms with Crippen LogP contribution in [0.3, 0.4) is 0 Å². The van der Waals surface area contributed by atoms with Crippen LogP contribution in [0.25, 0.3) is 0 Å². The molecule has 2 aliphatic carbocycles. The van der Waals surface area contributed by atoms with Gasteiger partial charge in [-0.25, -0.2) is 0 Å². The van der Waals surface area contributed by atoms with Gasteiger partial charge in [0, 0.05) is 18.4 Å². The first-order chi connectivity index (χ1) is 8.78. The van der Waals surface area contributed by atoms with Crippen LogP contribution in [0.4, 0.5) is 0 Å². The highest BCUT2D eigenvalue weighted by atomic mass is 16.1. The maximum Gasteiger partial charge on any atom is 0.220 e. The molecule has 2 fully saturated rings. The zero-order chi connectivity index (χ0) is 12.8. The van der Waals surface area contributed by atoms with Gasteiger partial charge in [0.2, 0.25) is 5.91 Å². The van der Waals surface area contributed by atoms with Gasteiger partial charge in [0.05, 0.1) is 6.07 Å². The highest BCUT2D eigenvalue weighted by Crippen LogP contribution is 2.27. The molecule has 2 saturated carbocycles. The second-order valence-corrected chi connectivity index (χ2v) is 5.95. The van der Waals surface area contributed by atoms with Crippen molar-refractivity contribution in [3.63, 3.8) is 0 Å². The first-order valence-corrected chi connectivity index (χ1v) is 7.47. The summed E-state index contributed by atoms with van der Waals surface area (Å²) < 4.78 is 0. The molecule has 0 aromatic rings. The van der Waals surface area contributed by atoms with Crippen molar-refractivity contribution in [2.24, 2.45) is 11.8 Å². The van der Waals surface area contributed by atoms with Crippen molar-refractivity contribution in [3.8, 4) is 6.07 Å². The number of nitrogens with zero attached hydrogens (tertiary/aromatic N) is 1. The second-order valence-electron chi connectivity index (χ2n) is 5.95. The van der Waals surface area contributed by atoms with Crippen LogP contribution < -0.4 is 5.32 Å². The van der Waals surface area contributed by atoms with E-state index in [9.17, 15) is 4.79 Å². The molecule has 2 rings (SSSR count). The molecule has 0 aliphatic heterocycles. The summed E-state index contributed by atoms with van der Waals surface area (Å²) in [6.45, 7) is 0. The molecule has 3 heteroatoms. The molecule has 1 amide bonds. The third-order valence-corrected chi connectivity index (χ3v) is 4.47. The molecular weight excluding hydrogens is 224 g/mol. The summed E-state index contributed by atoms with van der Waals surface area (Å²) >= 11 is 0. The molecule has 3 nitrogen and oxygen atoms in total. The molecule has 0 aromatic carbocycles. The number of nitriles is 1. The summed E-state index contributed by atoms with van der Waals surface area (Å²) in [6.07, 6.45) is 11.0.